The van der Waals surface area contributed by atoms with Gasteiger partial charge in [0, 0.05) is 17.1 Å². The standard InChI is InChI=1S/C22H18N2O4S/c1-2-28-16-10-8-15(9-11-16)19(25)17-18(14-6-4-3-5-7-14)24(21(27)20(17)26)22-23-12-13-29-22/h3-13,18,25H,2H2,1H3/t18-/m1/s1. The second-order valence-corrected chi connectivity index (χ2v) is 7.22. The number of hydrogen-bond acceptors (Lipinski definition) is 6. The lowest BCUT2D eigenvalue weighted by Crippen LogP contribution is -2.29. The van der Waals surface area contributed by atoms with E-state index in [1.807, 2.05) is 37.3 Å². The number of Topliss-reactive ketones (excluding diaryl/α,β-unsaturated/α-hetero) is 1. The molecule has 0 aliphatic carbocycles. The van der Waals surface area contributed by atoms with Crippen molar-refractivity contribution in [2.24, 2.45) is 0 Å². The lowest BCUT2D eigenvalue weighted by molar-refractivity contribution is -0.132. The van der Waals surface area contributed by atoms with Crippen molar-refractivity contribution in [3.63, 3.8) is 0 Å². The fourth-order valence-electron chi connectivity index (χ4n) is 3.35. The van der Waals surface area contributed by atoms with E-state index in [9.17, 15) is 14.7 Å². The Morgan fingerprint density at radius 2 is 1.86 bits per heavy atom. The van der Waals surface area contributed by atoms with E-state index in [0.29, 0.717) is 23.1 Å². The van der Waals surface area contributed by atoms with Crippen LogP contribution in [0.4, 0.5) is 5.13 Å². The fourth-order valence-corrected chi connectivity index (χ4v) is 4.01. The molecular weight excluding hydrogens is 388 g/mol. The molecule has 7 heteroatoms. The lowest BCUT2D eigenvalue weighted by Gasteiger charge is -2.22. The monoisotopic (exact) mass is 406 g/mol. The predicted octanol–water partition coefficient (Wildman–Crippen LogP) is 4.17. The fraction of sp³-hybridized carbons (Fsp3) is 0.136. The molecule has 146 valence electrons. The molecule has 0 radical (unpaired) electrons. The van der Waals surface area contributed by atoms with Crippen molar-refractivity contribution in [3.05, 3.63) is 82.9 Å². The van der Waals surface area contributed by atoms with Gasteiger partial charge in [-0.05, 0) is 36.8 Å². The minimum atomic E-state index is -0.756. The number of nitrogens with zero attached hydrogens (tertiary/aromatic N) is 2. The van der Waals surface area contributed by atoms with Crippen molar-refractivity contribution >= 4 is 33.9 Å². The number of aliphatic hydroxyl groups excluding tert-OH is 1. The Morgan fingerprint density at radius 3 is 2.48 bits per heavy atom. The van der Waals surface area contributed by atoms with Gasteiger partial charge in [-0.1, -0.05) is 30.3 Å². The molecular formula is C22H18N2O4S. The molecule has 1 fully saturated rings. The number of benzene rings is 2. The van der Waals surface area contributed by atoms with Gasteiger partial charge in [-0.3, -0.25) is 14.5 Å². The maximum Gasteiger partial charge on any atom is 0.301 e. The van der Waals surface area contributed by atoms with Crippen molar-refractivity contribution in [1.82, 2.24) is 4.98 Å². The zero-order valence-corrected chi connectivity index (χ0v) is 16.4. The highest BCUT2D eigenvalue weighted by atomic mass is 32.1. The third kappa shape index (κ3) is 3.40. The largest absolute Gasteiger partial charge is 0.507 e. The quantitative estimate of drug-likeness (QED) is 0.391. The van der Waals surface area contributed by atoms with E-state index in [-0.39, 0.29) is 11.3 Å². The molecule has 4 rings (SSSR count). The topological polar surface area (TPSA) is 79.7 Å². The van der Waals surface area contributed by atoms with E-state index < -0.39 is 17.7 Å². The smallest absolute Gasteiger partial charge is 0.301 e. The van der Waals surface area contributed by atoms with Gasteiger partial charge in [0.05, 0.1) is 18.2 Å². The highest BCUT2D eigenvalue weighted by molar-refractivity contribution is 7.14. The van der Waals surface area contributed by atoms with Crippen molar-refractivity contribution in [2.75, 3.05) is 11.5 Å². The predicted molar refractivity (Wildman–Crippen MR) is 111 cm³/mol. The van der Waals surface area contributed by atoms with Crippen LogP contribution in [0.25, 0.3) is 5.76 Å². The van der Waals surface area contributed by atoms with Crippen molar-refractivity contribution < 1.29 is 19.4 Å². The van der Waals surface area contributed by atoms with Gasteiger partial charge in [-0.2, -0.15) is 0 Å². The van der Waals surface area contributed by atoms with Crippen LogP contribution in [0.1, 0.15) is 24.1 Å². The minimum absolute atomic E-state index is 0.0422. The van der Waals surface area contributed by atoms with Gasteiger partial charge in [-0.15, -0.1) is 11.3 Å². The normalized spacial score (nSPS) is 18.2. The first-order valence-corrected chi connectivity index (χ1v) is 9.98. The van der Waals surface area contributed by atoms with E-state index in [1.165, 1.54) is 16.2 Å². The molecule has 3 aromatic rings. The summed E-state index contributed by atoms with van der Waals surface area (Å²) < 4.78 is 5.43. The van der Waals surface area contributed by atoms with Crippen LogP contribution >= 0.6 is 11.3 Å². The summed E-state index contributed by atoms with van der Waals surface area (Å²) in [6.45, 7) is 2.41. The Morgan fingerprint density at radius 1 is 1.14 bits per heavy atom. The van der Waals surface area contributed by atoms with Crippen LogP contribution in [0.5, 0.6) is 5.75 Å². The number of aliphatic hydroxyl groups is 1. The number of hydrogen-bond donors (Lipinski definition) is 1. The minimum Gasteiger partial charge on any atom is -0.507 e. The molecule has 0 spiro atoms. The number of aromatic nitrogens is 1. The molecule has 0 saturated carbocycles. The Kier molecular flexibility index (Phi) is 5.14. The first-order chi connectivity index (χ1) is 14.1. The highest BCUT2D eigenvalue weighted by Gasteiger charge is 2.47. The van der Waals surface area contributed by atoms with Crippen LogP contribution in [-0.2, 0) is 9.59 Å². The molecule has 2 heterocycles. The first kappa shape index (κ1) is 18.9. The third-order valence-corrected chi connectivity index (χ3v) is 5.39. The van der Waals surface area contributed by atoms with Crippen LogP contribution < -0.4 is 9.64 Å². The van der Waals surface area contributed by atoms with Gasteiger partial charge in [-0.25, -0.2) is 4.98 Å². The molecule has 1 aliphatic heterocycles. The van der Waals surface area contributed by atoms with E-state index in [1.54, 1.807) is 35.8 Å². The van der Waals surface area contributed by atoms with Gasteiger partial charge in [0.2, 0.25) is 0 Å². The Balaban J connectivity index is 1.86. The van der Waals surface area contributed by atoms with Crippen LogP contribution in [0.15, 0.2) is 71.7 Å². The molecule has 1 saturated heterocycles. The molecule has 29 heavy (non-hydrogen) atoms. The number of carbonyl (C=O) groups excluding carboxylic acids is 2. The summed E-state index contributed by atoms with van der Waals surface area (Å²) in [5.74, 6) is -1.01. The van der Waals surface area contributed by atoms with Crippen LogP contribution in [0.2, 0.25) is 0 Å². The summed E-state index contributed by atoms with van der Waals surface area (Å²) in [4.78, 5) is 31.3. The van der Waals surface area contributed by atoms with Crippen molar-refractivity contribution in [1.29, 1.82) is 0 Å². The zero-order chi connectivity index (χ0) is 20.4. The first-order valence-electron chi connectivity index (χ1n) is 9.10. The van der Waals surface area contributed by atoms with Crippen LogP contribution in [0.3, 0.4) is 0 Å². The molecule has 6 nitrogen and oxygen atoms in total. The molecule has 1 amide bonds. The second kappa shape index (κ2) is 7.89. The number of anilines is 1. The lowest BCUT2D eigenvalue weighted by atomic mass is 9.95. The molecule has 0 bridgehead atoms. The summed E-state index contributed by atoms with van der Waals surface area (Å²) in [7, 11) is 0. The molecule has 2 aromatic carbocycles. The summed E-state index contributed by atoms with van der Waals surface area (Å²) in [5, 5.41) is 13.1. The van der Waals surface area contributed by atoms with Crippen LogP contribution in [-0.4, -0.2) is 28.4 Å². The van der Waals surface area contributed by atoms with Crippen molar-refractivity contribution in [3.8, 4) is 5.75 Å². The van der Waals surface area contributed by atoms with Gasteiger partial charge < -0.3 is 9.84 Å². The SMILES string of the molecule is CCOc1ccc(C(O)=C2C(=O)C(=O)N(c3nccs3)[C@@H]2c2ccccc2)cc1. The Labute approximate surface area is 171 Å². The molecule has 1 aromatic heterocycles. The number of ketones is 1. The van der Waals surface area contributed by atoms with E-state index in [2.05, 4.69) is 4.98 Å². The maximum atomic E-state index is 12.9. The summed E-state index contributed by atoms with van der Waals surface area (Å²) in [5.41, 5.74) is 1.20. The molecule has 1 atom stereocenters. The van der Waals surface area contributed by atoms with Crippen LogP contribution in [0, 0.1) is 0 Å². The van der Waals surface area contributed by atoms with E-state index in [4.69, 9.17) is 4.74 Å². The highest BCUT2D eigenvalue weighted by Crippen LogP contribution is 2.42. The number of carbonyl (C=O) groups is 2. The Bertz CT molecular complexity index is 1060. The van der Waals surface area contributed by atoms with Gasteiger partial charge in [0.1, 0.15) is 11.5 Å². The zero-order valence-electron chi connectivity index (χ0n) is 15.6. The number of thiazole rings is 1. The van der Waals surface area contributed by atoms with Gasteiger partial charge in [0.25, 0.3) is 5.78 Å². The van der Waals surface area contributed by atoms with Gasteiger partial charge >= 0.3 is 5.91 Å². The summed E-state index contributed by atoms with van der Waals surface area (Å²) in [6, 6.07) is 15.2. The average Bonchev–Trinajstić information content (AvgIpc) is 3.36. The Hall–Kier alpha value is -3.45. The number of amides is 1. The van der Waals surface area contributed by atoms with Crippen molar-refractivity contribution in [2.45, 2.75) is 13.0 Å². The number of ether oxygens (including phenoxy) is 1. The number of rotatable bonds is 5. The summed E-state index contributed by atoms with van der Waals surface area (Å²) >= 11 is 1.26. The van der Waals surface area contributed by atoms with Gasteiger partial charge in [0.15, 0.2) is 5.13 Å². The maximum absolute atomic E-state index is 12.9. The third-order valence-electron chi connectivity index (χ3n) is 4.62. The second-order valence-electron chi connectivity index (χ2n) is 6.35. The average molecular weight is 406 g/mol. The van der Waals surface area contributed by atoms with E-state index in [0.717, 1.165) is 5.56 Å². The molecule has 1 N–H and O–H groups in total. The molecule has 0 unspecified atom stereocenters. The van der Waals surface area contributed by atoms with E-state index >= 15 is 0 Å². The summed E-state index contributed by atoms with van der Waals surface area (Å²) in [6.07, 6.45) is 1.58. The molecule has 1 aliphatic rings.